The molecule has 5 nitrogen and oxygen atoms in total. The van der Waals surface area contributed by atoms with Gasteiger partial charge in [-0.15, -0.1) is 0 Å². The Hall–Kier alpha value is -2.17. The van der Waals surface area contributed by atoms with Crippen molar-refractivity contribution in [1.82, 2.24) is 9.55 Å². The molecule has 0 unspecified atom stereocenters. The summed E-state index contributed by atoms with van der Waals surface area (Å²) in [6.07, 6.45) is 6.62. The van der Waals surface area contributed by atoms with Gasteiger partial charge in [-0.05, 0) is 25.5 Å². The lowest BCUT2D eigenvalue weighted by atomic mass is 10.2. The van der Waals surface area contributed by atoms with Crippen LogP contribution < -0.4 is 15.8 Å². The van der Waals surface area contributed by atoms with Crippen LogP contribution in [0.3, 0.4) is 0 Å². The number of anilines is 2. The second-order valence-corrected chi connectivity index (χ2v) is 4.27. The van der Waals surface area contributed by atoms with E-state index in [4.69, 9.17) is 10.5 Å². The Morgan fingerprint density at radius 2 is 2.32 bits per heavy atom. The zero-order valence-corrected chi connectivity index (χ0v) is 11.2. The number of aryl methyl sites for hydroxylation is 1. The van der Waals surface area contributed by atoms with Crippen molar-refractivity contribution in [2.45, 2.75) is 19.9 Å². The Bertz CT molecular complexity index is 496. The van der Waals surface area contributed by atoms with Gasteiger partial charge in [-0.2, -0.15) is 0 Å². The molecule has 0 fully saturated rings. The Morgan fingerprint density at radius 3 is 3.05 bits per heavy atom. The summed E-state index contributed by atoms with van der Waals surface area (Å²) in [6, 6.07) is 5.77. The molecule has 1 heterocycles. The van der Waals surface area contributed by atoms with Crippen molar-refractivity contribution in [3.05, 3.63) is 36.9 Å². The van der Waals surface area contributed by atoms with E-state index < -0.39 is 0 Å². The number of aromatic nitrogens is 2. The number of imidazole rings is 1. The van der Waals surface area contributed by atoms with E-state index in [0.29, 0.717) is 12.3 Å². The van der Waals surface area contributed by atoms with Gasteiger partial charge in [0.15, 0.2) is 0 Å². The summed E-state index contributed by atoms with van der Waals surface area (Å²) in [5.41, 5.74) is 7.53. The smallest absolute Gasteiger partial charge is 0.144 e. The SMILES string of the molecule is CCOc1cc(NCCCn2ccnc2)ccc1N. The number of hydrogen-bond donors (Lipinski definition) is 2. The molecule has 1 aromatic heterocycles. The van der Waals surface area contributed by atoms with E-state index in [1.165, 1.54) is 0 Å². The summed E-state index contributed by atoms with van der Waals surface area (Å²) in [7, 11) is 0. The van der Waals surface area contributed by atoms with E-state index >= 15 is 0 Å². The minimum absolute atomic E-state index is 0.619. The molecule has 3 N–H and O–H groups in total. The first kappa shape index (κ1) is 13.3. The molecule has 0 saturated heterocycles. The average Bonchev–Trinajstić information content (AvgIpc) is 2.92. The van der Waals surface area contributed by atoms with Gasteiger partial charge in [0.1, 0.15) is 5.75 Å². The lowest BCUT2D eigenvalue weighted by Crippen LogP contribution is -2.06. The highest BCUT2D eigenvalue weighted by Crippen LogP contribution is 2.25. The molecule has 2 aromatic rings. The van der Waals surface area contributed by atoms with Crippen LogP contribution in [-0.4, -0.2) is 22.7 Å². The predicted octanol–water partition coefficient (Wildman–Crippen LogP) is 2.37. The molecular formula is C14H20N4O. The number of hydrogen-bond acceptors (Lipinski definition) is 4. The van der Waals surface area contributed by atoms with Crippen molar-refractivity contribution in [2.24, 2.45) is 0 Å². The van der Waals surface area contributed by atoms with Crippen molar-refractivity contribution in [2.75, 3.05) is 24.2 Å². The van der Waals surface area contributed by atoms with Crippen LogP contribution in [0.2, 0.25) is 0 Å². The van der Waals surface area contributed by atoms with E-state index in [-0.39, 0.29) is 0 Å². The first-order valence-corrected chi connectivity index (χ1v) is 6.51. The van der Waals surface area contributed by atoms with Crippen molar-refractivity contribution in [3.63, 3.8) is 0 Å². The number of nitrogens with two attached hydrogens (primary N) is 1. The summed E-state index contributed by atoms with van der Waals surface area (Å²) in [5, 5.41) is 3.36. The third kappa shape index (κ3) is 3.91. The molecule has 0 aliphatic carbocycles. The zero-order chi connectivity index (χ0) is 13.5. The van der Waals surface area contributed by atoms with Gasteiger partial charge in [0.05, 0.1) is 18.6 Å². The molecule has 0 radical (unpaired) electrons. The molecule has 0 atom stereocenters. The number of ether oxygens (including phenoxy) is 1. The van der Waals surface area contributed by atoms with Crippen LogP contribution in [0.1, 0.15) is 13.3 Å². The Balaban J connectivity index is 1.80. The Morgan fingerprint density at radius 1 is 1.42 bits per heavy atom. The van der Waals surface area contributed by atoms with Crippen LogP contribution in [0.4, 0.5) is 11.4 Å². The van der Waals surface area contributed by atoms with Gasteiger partial charge in [0.2, 0.25) is 0 Å². The fourth-order valence-corrected chi connectivity index (χ4v) is 1.84. The molecule has 1 aromatic carbocycles. The van der Waals surface area contributed by atoms with Gasteiger partial charge >= 0.3 is 0 Å². The maximum atomic E-state index is 5.83. The highest BCUT2D eigenvalue weighted by Gasteiger charge is 2.01. The molecule has 2 rings (SSSR count). The van der Waals surface area contributed by atoms with Crippen LogP contribution in [0, 0.1) is 0 Å². The van der Waals surface area contributed by atoms with E-state index in [0.717, 1.165) is 30.9 Å². The summed E-state index contributed by atoms with van der Waals surface area (Å²) in [5.74, 6) is 0.738. The second-order valence-electron chi connectivity index (χ2n) is 4.27. The van der Waals surface area contributed by atoms with Crippen LogP contribution in [0.5, 0.6) is 5.75 Å². The van der Waals surface area contributed by atoms with Gasteiger partial charge in [-0.3, -0.25) is 0 Å². The zero-order valence-electron chi connectivity index (χ0n) is 11.2. The fourth-order valence-electron chi connectivity index (χ4n) is 1.84. The summed E-state index contributed by atoms with van der Waals surface area (Å²) in [6.45, 7) is 4.42. The quantitative estimate of drug-likeness (QED) is 0.592. The largest absolute Gasteiger partial charge is 0.492 e. The molecule has 0 spiro atoms. The average molecular weight is 260 g/mol. The van der Waals surface area contributed by atoms with Gasteiger partial charge in [0.25, 0.3) is 0 Å². The summed E-state index contributed by atoms with van der Waals surface area (Å²) in [4.78, 5) is 4.01. The van der Waals surface area contributed by atoms with Crippen molar-refractivity contribution in [1.29, 1.82) is 0 Å². The number of rotatable bonds is 7. The van der Waals surface area contributed by atoms with E-state index in [2.05, 4.69) is 14.9 Å². The van der Waals surface area contributed by atoms with Crippen molar-refractivity contribution >= 4 is 11.4 Å². The maximum Gasteiger partial charge on any atom is 0.144 e. The first-order valence-electron chi connectivity index (χ1n) is 6.51. The summed E-state index contributed by atoms with van der Waals surface area (Å²) >= 11 is 0. The third-order valence-electron chi connectivity index (χ3n) is 2.79. The van der Waals surface area contributed by atoms with Gasteiger partial charge in [-0.25, -0.2) is 4.98 Å². The number of nitrogens with one attached hydrogen (secondary N) is 1. The molecule has 19 heavy (non-hydrogen) atoms. The molecular weight excluding hydrogens is 240 g/mol. The van der Waals surface area contributed by atoms with Crippen LogP contribution in [0.25, 0.3) is 0 Å². The molecule has 102 valence electrons. The topological polar surface area (TPSA) is 65.1 Å². The maximum absolute atomic E-state index is 5.83. The highest BCUT2D eigenvalue weighted by atomic mass is 16.5. The Labute approximate surface area is 113 Å². The van der Waals surface area contributed by atoms with Crippen molar-refractivity contribution < 1.29 is 4.74 Å². The van der Waals surface area contributed by atoms with E-state index in [1.807, 2.05) is 37.6 Å². The van der Waals surface area contributed by atoms with Crippen molar-refractivity contribution in [3.8, 4) is 5.75 Å². The number of nitrogen functional groups attached to an aromatic ring is 1. The third-order valence-corrected chi connectivity index (χ3v) is 2.79. The fraction of sp³-hybridized carbons (Fsp3) is 0.357. The molecule has 0 amide bonds. The predicted molar refractivity (Wildman–Crippen MR) is 77.4 cm³/mol. The van der Waals surface area contributed by atoms with E-state index in [1.54, 1.807) is 6.20 Å². The molecule has 0 saturated carbocycles. The molecule has 0 aliphatic heterocycles. The highest BCUT2D eigenvalue weighted by molar-refractivity contribution is 5.61. The standard InChI is InChI=1S/C14H20N4O/c1-2-19-14-10-12(4-5-13(14)15)17-6-3-8-18-9-7-16-11-18/h4-5,7,9-11,17H,2-3,6,8,15H2,1H3. The molecule has 0 bridgehead atoms. The Kier molecular flexibility index (Phi) is 4.66. The monoisotopic (exact) mass is 260 g/mol. The minimum Gasteiger partial charge on any atom is -0.492 e. The summed E-state index contributed by atoms with van der Waals surface area (Å²) < 4.78 is 7.53. The normalized spacial score (nSPS) is 10.4. The van der Waals surface area contributed by atoms with Crippen LogP contribution in [0.15, 0.2) is 36.9 Å². The lowest BCUT2D eigenvalue weighted by molar-refractivity contribution is 0.342. The van der Waals surface area contributed by atoms with E-state index in [9.17, 15) is 0 Å². The number of benzene rings is 1. The lowest BCUT2D eigenvalue weighted by Gasteiger charge is -2.11. The van der Waals surface area contributed by atoms with Crippen LogP contribution in [-0.2, 0) is 6.54 Å². The van der Waals surface area contributed by atoms with Crippen LogP contribution >= 0.6 is 0 Å². The molecule has 5 heteroatoms. The molecule has 0 aliphatic rings. The van der Waals surface area contributed by atoms with Gasteiger partial charge in [0, 0.05) is 37.2 Å². The second kappa shape index (κ2) is 6.68. The van der Waals surface area contributed by atoms with Gasteiger partial charge in [-0.1, -0.05) is 0 Å². The first-order chi connectivity index (χ1) is 9.29. The van der Waals surface area contributed by atoms with Gasteiger partial charge < -0.3 is 20.4 Å². The minimum atomic E-state index is 0.619. The number of nitrogens with zero attached hydrogens (tertiary/aromatic N) is 2.